The average molecular weight is 400 g/mol. The van der Waals surface area contributed by atoms with Gasteiger partial charge in [0.1, 0.15) is 4.83 Å². The Morgan fingerprint density at radius 1 is 1.52 bits per heavy atom. The first-order valence-corrected chi connectivity index (χ1v) is 10.8. The fourth-order valence-corrected chi connectivity index (χ4v) is 6.19. The van der Waals surface area contributed by atoms with Gasteiger partial charge in [-0.05, 0) is 37.5 Å². The van der Waals surface area contributed by atoms with E-state index in [1.165, 1.54) is 16.0 Å². The van der Waals surface area contributed by atoms with Crippen molar-refractivity contribution in [3.05, 3.63) is 15.9 Å². The number of amides is 1. The van der Waals surface area contributed by atoms with Gasteiger partial charge >= 0.3 is 0 Å². The van der Waals surface area contributed by atoms with Crippen molar-refractivity contribution in [3.63, 3.8) is 0 Å². The number of thioether (sulfide) groups is 2. The first kappa shape index (κ1) is 18.8. The maximum absolute atomic E-state index is 13.2. The lowest BCUT2D eigenvalue weighted by atomic mass is 10.1. The number of nitrogens with zero attached hydrogens (tertiary/aromatic N) is 2. The molecule has 0 aliphatic carbocycles. The number of primary amides is 1. The van der Waals surface area contributed by atoms with Gasteiger partial charge in [0.25, 0.3) is 5.56 Å². The molecule has 136 valence electrons. The van der Waals surface area contributed by atoms with E-state index in [1.54, 1.807) is 41.7 Å². The lowest BCUT2D eigenvalue weighted by Crippen LogP contribution is -2.27. The van der Waals surface area contributed by atoms with E-state index in [1.807, 2.05) is 0 Å². The van der Waals surface area contributed by atoms with Crippen molar-refractivity contribution in [2.45, 2.75) is 47.3 Å². The molecule has 1 aliphatic rings. The van der Waals surface area contributed by atoms with Crippen molar-refractivity contribution in [1.29, 1.82) is 0 Å². The van der Waals surface area contributed by atoms with Crippen LogP contribution >= 0.6 is 34.9 Å². The highest BCUT2D eigenvalue weighted by molar-refractivity contribution is 8.01. The molecule has 2 N–H and O–H groups in total. The summed E-state index contributed by atoms with van der Waals surface area (Å²) in [5, 5.41) is 0.867. The minimum absolute atomic E-state index is 0.0136. The van der Waals surface area contributed by atoms with Crippen molar-refractivity contribution in [3.8, 4) is 0 Å². The molecule has 0 saturated carbocycles. The number of rotatable bonds is 7. The number of fused-ring (bicyclic) bond motifs is 3. The highest BCUT2D eigenvalue weighted by Crippen LogP contribution is 2.40. The Morgan fingerprint density at radius 2 is 2.32 bits per heavy atom. The van der Waals surface area contributed by atoms with Crippen molar-refractivity contribution < 1.29 is 9.53 Å². The lowest BCUT2D eigenvalue weighted by molar-refractivity contribution is -0.117. The summed E-state index contributed by atoms with van der Waals surface area (Å²) in [7, 11) is 1.64. The normalized spacial score (nSPS) is 15.3. The molecule has 2 aromatic rings. The predicted molar refractivity (Wildman–Crippen MR) is 104 cm³/mol. The van der Waals surface area contributed by atoms with Crippen molar-refractivity contribution in [2.24, 2.45) is 5.73 Å². The summed E-state index contributed by atoms with van der Waals surface area (Å²) < 4.78 is 7.99. The predicted octanol–water partition coefficient (Wildman–Crippen LogP) is 2.50. The van der Waals surface area contributed by atoms with Crippen LogP contribution in [0.4, 0.5) is 0 Å². The molecule has 0 spiro atoms. The summed E-state index contributed by atoms with van der Waals surface area (Å²) in [5.74, 6) is 0.672. The number of thiophene rings is 1. The fraction of sp³-hybridized carbons (Fsp3) is 0.562. The van der Waals surface area contributed by atoms with Gasteiger partial charge in [0, 0.05) is 20.3 Å². The molecule has 1 aliphatic heterocycles. The highest BCUT2D eigenvalue weighted by Gasteiger charge is 2.24. The Kier molecular flexibility index (Phi) is 6.08. The Hall–Kier alpha value is -1.03. The molecule has 2 aromatic heterocycles. The van der Waals surface area contributed by atoms with Gasteiger partial charge in [-0.25, -0.2) is 4.98 Å². The zero-order valence-corrected chi connectivity index (χ0v) is 16.7. The van der Waals surface area contributed by atoms with Crippen LogP contribution in [0.15, 0.2) is 14.2 Å². The second-order valence-corrected chi connectivity index (χ2v) is 9.53. The van der Waals surface area contributed by atoms with Crippen molar-refractivity contribution in [1.82, 2.24) is 9.55 Å². The molecule has 0 fully saturated rings. The quantitative estimate of drug-likeness (QED) is 0.437. The minimum Gasteiger partial charge on any atom is -0.385 e. The number of nitrogens with two attached hydrogens (primary N) is 1. The molecule has 3 rings (SSSR count). The molecule has 0 radical (unpaired) electrons. The highest BCUT2D eigenvalue weighted by atomic mass is 32.2. The van der Waals surface area contributed by atoms with E-state index in [9.17, 15) is 9.59 Å². The van der Waals surface area contributed by atoms with Crippen molar-refractivity contribution >= 4 is 51.0 Å². The summed E-state index contributed by atoms with van der Waals surface area (Å²) in [6.45, 7) is 2.82. The summed E-state index contributed by atoms with van der Waals surface area (Å²) in [5.41, 5.74) is 6.52. The molecule has 1 atom stereocenters. The SMILES string of the molecule is COCCCn1c(SC(C)C(N)=O)nc2sc3c(c2c1=O)CCCS3. The Bertz CT molecular complexity index is 846. The summed E-state index contributed by atoms with van der Waals surface area (Å²) in [4.78, 5) is 30.1. The van der Waals surface area contributed by atoms with Crippen LogP contribution in [-0.4, -0.2) is 40.2 Å². The monoisotopic (exact) mass is 399 g/mol. The topological polar surface area (TPSA) is 87.2 Å². The largest absolute Gasteiger partial charge is 0.385 e. The molecule has 0 aromatic carbocycles. The molecule has 3 heterocycles. The number of hydrogen-bond donors (Lipinski definition) is 1. The molecule has 6 nitrogen and oxygen atoms in total. The molecule has 25 heavy (non-hydrogen) atoms. The van der Waals surface area contributed by atoms with Gasteiger partial charge in [-0.1, -0.05) is 11.8 Å². The lowest BCUT2D eigenvalue weighted by Gasteiger charge is -2.14. The summed E-state index contributed by atoms with van der Waals surface area (Å²) in [6.07, 6.45) is 2.73. The Balaban J connectivity index is 2.10. The van der Waals surface area contributed by atoms with Gasteiger partial charge in [-0.15, -0.1) is 23.1 Å². The number of carbonyl (C=O) groups is 1. The second kappa shape index (κ2) is 8.11. The van der Waals surface area contributed by atoms with Gasteiger partial charge in [0.2, 0.25) is 5.91 Å². The van der Waals surface area contributed by atoms with E-state index in [-0.39, 0.29) is 5.56 Å². The van der Waals surface area contributed by atoms with E-state index in [2.05, 4.69) is 0 Å². The van der Waals surface area contributed by atoms with E-state index in [4.69, 9.17) is 15.5 Å². The summed E-state index contributed by atoms with van der Waals surface area (Å²) in [6, 6.07) is 0. The Labute approximate surface area is 158 Å². The average Bonchev–Trinajstić information content (AvgIpc) is 2.95. The van der Waals surface area contributed by atoms with Crippen LogP contribution in [0.5, 0.6) is 0 Å². The number of aryl methyl sites for hydroxylation is 1. The third-order valence-corrected chi connectivity index (χ3v) is 7.69. The van der Waals surface area contributed by atoms with E-state index in [0.29, 0.717) is 24.7 Å². The smallest absolute Gasteiger partial charge is 0.263 e. The molecular weight excluding hydrogens is 378 g/mol. The number of ether oxygens (including phenoxy) is 1. The summed E-state index contributed by atoms with van der Waals surface area (Å²) >= 11 is 4.64. The van der Waals surface area contributed by atoms with Crippen LogP contribution < -0.4 is 11.3 Å². The van der Waals surface area contributed by atoms with Gasteiger partial charge in [-0.3, -0.25) is 14.2 Å². The zero-order chi connectivity index (χ0) is 18.0. The molecule has 0 bridgehead atoms. The van der Waals surface area contributed by atoms with Crippen molar-refractivity contribution in [2.75, 3.05) is 19.5 Å². The molecule has 0 saturated heterocycles. The number of hydrogen-bond acceptors (Lipinski definition) is 7. The third kappa shape index (κ3) is 3.89. The standard InChI is InChI=1S/C16H21N3O3S3/c1-9(12(17)20)24-16-18-13-11(10-5-3-8-23-15(10)25-13)14(21)19(16)6-4-7-22-2/h9H,3-8H2,1-2H3,(H2,17,20). The van der Waals surface area contributed by atoms with Gasteiger partial charge in [0.15, 0.2) is 5.16 Å². The van der Waals surface area contributed by atoms with Crippen LogP contribution in [0.2, 0.25) is 0 Å². The molecule has 1 unspecified atom stereocenters. The number of carbonyl (C=O) groups excluding carboxylic acids is 1. The number of aromatic nitrogens is 2. The van der Waals surface area contributed by atoms with Gasteiger partial charge < -0.3 is 10.5 Å². The maximum atomic E-state index is 13.2. The van der Waals surface area contributed by atoms with Crippen LogP contribution in [-0.2, 0) is 22.5 Å². The first-order valence-electron chi connectivity index (χ1n) is 8.16. The molecular formula is C16H21N3O3S3. The van der Waals surface area contributed by atoms with E-state index < -0.39 is 11.2 Å². The van der Waals surface area contributed by atoms with Crippen LogP contribution in [0.25, 0.3) is 10.2 Å². The molecule has 9 heteroatoms. The minimum atomic E-state index is -0.443. The van der Waals surface area contributed by atoms with Crippen LogP contribution in [0.3, 0.4) is 0 Å². The third-order valence-electron chi connectivity index (χ3n) is 4.06. The maximum Gasteiger partial charge on any atom is 0.263 e. The van der Waals surface area contributed by atoms with Gasteiger partial charge in [0.05, 0.1) is 14.8 Å². The van der Waals surface area contributed by atoms with Gasteiger partial charge in [-0.2, -0.15) is 0 Å². The van der Waals surface area contributed by atoms with E-state index >= 15 is 0 Å². The zero-order valence-electron chi connectivity index (χ0n) is 14.2. The first-order chi connectivity index (χ1) is 12.0. The van der Waals surface area contributed by atoms with Crippen LogP contribution in [0.1, 0.15) is 25.3 Å². The van der Waals surface area contributed by atoms with E-state index in [0.717, 1.165) is 34.4 Å². The fourth-order valence-electron chi connectivity index (χ4n) is 2.73. The second-order valence-electron chi connectivity index (χ2n) is 5.86. The Morgan fingerprint density at radius 3 is 3.04 bits per heavy atom. The number of methoxy groups -OCH3 is 1. The van der Waals surface area contributed by atoms with Crippen LogP contribution in [0, 0.1) is 0 Å². The molecule has 1 amide bonds.